The van der Waals surface area contributed by atoms with Crippen molar-refractivity contribution in [2.45, 2.75) is 6.92 Å². The lowest BCUT2D eigenvalue weighted by atomic mass is 10.1. The normalized spacial score (nSPS) is 10.3. The van der Waals surface area contributed by atoms with E-state index in [4.69, 9.17) is 33.7 Å². The number of aryl methyl sites for hydroxylation is 1. The number of benzene rings is 2. The van der Waals surface area contributed by atoms with E-state index in [9.17, 15) is 4.79 Å². The Morgan fingerprint density at radius 3 is 2.57 bits per heavy atom. The standard InChI is InChI=1S/C15H14Cl2N2O2/c1-8-3-4-13(12(18)5-8)19-15(20)10-6-9(16)7-11(17)14(10)21-2/h3-7H,18H2,1-2H3,(H,19,20). The number of carbonyl (C=O) groups is 1. The summed E-state index contributed by atoms with van der Waals surface area (Å²) in [5, 5.41) is 3.34. The molecule has 0 unspecified atom stereocenters. The minimum absolute atomic E-state index is 0.245. The average molecular weight is 325 g/mol. The van der Waals surface area contributed by atoms with Gasteiger partial charge >= 0.3 is 0 Å². The maximum atomic E-state index is 12.4. The lowest BCUT2D eigenvalue weighted by Crippen LogP contribution is -2.14. The number of rotatable bonds is 3. The summed E-state index contributed by atoms with van der Waals surface area (Å²) in [6.45, 7) is 1.92. The first-order chi connectivity index (χ1) is 9.92. The number of carbonyl (C=O) groups excluding carboxylic acids is 1. The van der Waals surface area contributed by atoms with Crippen molar-refractivity contribution in [2.75, 3.05) is 18.2 Å². The minimum atomic E-state index is -0.396. The van der Waals surface area contributed by atoms with Gasteiger partial charge in [0.05, 0.1) is 29.1 Å². The van der Waals surface area contributed by atoms with Gasteiger partial charge in [0.1, 0.15) is 5.75 Å². The summed E-state index contributed by atoms with van der Waals surface area (Å²) in [6, 6.07) is 8.37. The Balaban J connectivity index is 2.36. The third-order valence-corrected chi connectivity index (χ3v) is 3.41. The summed E-state index contributed by atoms with van der Waals surface area (Å²) < 4.78 is 5.16. The van der Waals surface area contributed by atoms with Gasteiger partial charge in [0.2, 0.25) is 0 Å². The van der Waals surface area contributed by atoms with Gasteiger partial charge < -0.3 is 15.8 Å². The zero-order valence-corrected chi connectivity index (χ0v) is 13.0. The van der Waals surface area contributed by atoms with Gasteiger partial charge in [0, 0.05) is 5.02 Å². The third kappa shape index (κ3) is 3.40. The highest BCUT2D eigenvalue weighted by atomic mass is 35.5. The fourth-order valence-corrected chi connectivity index (χ4v) is 2.49. The molecular formula is C15H14Cl2N2O2. The lowest BCUT2D eigenvalue weighted by molar-refractivity contribution is 0.102. The molecule has 21 heavy (non-hydrogen) atoms. The molecule has 0 heterocycles. The van der Waals surface area contributed by atoms with Gasteiger partial charge in [-0.3, -0.25) is 4.79 Å². The second-order valence-electron chi connectivity index (χ2n) is 4.51. The molecule has 0 saturated heterocycles. The van der Waals surface area contributed by atoms with Gasteiger partial charge in [-0.1, -0.05) is 29.3 Å². The molecule has 2 aromatic carbocycles. The zero-order chi connectivity index (χ0) is 15.6. The van der Waals surface area contributed by atoms with Gasteiger partial charge in [-0.15, -0.1) is 0 Å². The molecule has 0 bridgehead atoms. The van der Waals surface area contributed by atoms with Gasteiger partial charge in [0.15, 0.2) is 0 Å². The molecule has 2 aromatic rings. The molecule has 0 saturated carbocycles. The maximum absolute atomic E-state index is 12.4. The first kappa shape index (κ1) is 15.5. The molecule has 0 aliphatic rings. The number of methoxy groups -OCH3 is 1. The fraction of sp³-hybridized carbons (Fsp3) is 0.133. The van der Waals surface area contributed by atoms with Crippen LogP contribution in [-0.2, 0) is 0 Å². The first-order valence-electron chi connectivity index (χ1n) is 6.13. The van der Waals surface area contributed by atoms with E-state index in [0.717, 1.165) is 5.56 Å². The average Bonchev–Trinajstić information content (AvgIpc) is 2.41. The Bertz CT molecular complexity index is 702. The van der Waals surface area contributed by atoms with Crippen LogP contribution >= 0.6 is 23.2 Å². The first-order valence-corrected chi connectivity index (χ1v) is 6.88. The number of nitrogens with two attached hydrogens (primary N) is 1. The molecule has 1 amide bonds. The highest BCUT2D eigenvalue weighted by Crippen LogP contribution is 2.33. The van der Waals surface area contributed by atoms with Crippen LogP contribution in [0.25, 0.3) is 0 Å². The largest absolute Gasteiger partial charge is 0.494 e. The van der Waals surface area contributed by atoms with Gasteiger partial charge in [-0.05, 0) is 36.8 Å². The van der Waals surface area contributed by atoms with Crippen molar-refractivity contribution >= 4 is 40.5 Å². The number of hydrogen-bond donors (Lipinski definition) is 2. The van der Waals surface area contributed by atoms with E-state index in [1.165, 1.54) is 19.2 Å². The van der Waals surface area contributed by atoms with E-state index in [-0.39, 0.29) is 16.3 Å². The van der Waals surface area contributed by atoms with Crippen LogP contribution in [0.2, 0.25) is 10.0 Å². The van der Waals surface area contributed by atoms with E-state index >= 15 is 0 Å². The van der Waals surface area contributed by atoms with Crippen LogP contribution in [0.1, 0.15) is 15.9 Å². The van der Waals surface area contributed by atoms with Crippen LogP contribution in [0, 0.1) is 6.92 Å². The Hall–Kier alpha value is -1.91. The van der Waals surface area contributed by atoms with Crippen molar-refractivity contribution in [2.24, 2.45) is 0 Å². The molecule has 0 atom stereocenters. The minimum Gasteiger partial charge on any atom is -0.494 e. The Morgan fingerprint density at radius 2 is 1.95 bits per heavy atom. The third-order valence-electron chi connectivity index (χ3n) is 2.91. The molecule has 0 aliphatic carbocycles. The Labute approximate surface area is 132 Å². The highest BCUT2D eigenvalue weighted by Gasteiger charge is 2.17. The monoisotopic (exact) mass is 324 g/mol. The Morgan fingerprint density at radius 1 is 1.24 bits per heavy atom. The number of halogens is 2. The van der Waals surface area contributed by atoms with Crippen LogP contribution in [-0.4, -0.2) is 13.0 Å². The number of anilines is 2. The second kappa shape index (κ2) is 6.24. The Kier molecular flexibility index (Phi) is 4.60. The summed E-state index contributed by atoms with van der Waals surface area (Å²) >= 11 is 12.0. The molecule has 2 rings (SSSR count). The molecule has 110 valence electrons. The van der Waals surface area contributed by atoms with Crippen molar-refractivity contribution in [1.82, 2.24) is 0 Å². The number of nitrogens with one attached hydrogen (secondary N) is 1. The molecular weight excluding hydrogens is 311 g/mol. The van der Waals surface area contributed by atoms with E-state index in [1.54, 1.807) is 12.1 Å². The maximum Gasteiger partial charge on any atom is 0.259 e. The number of amides is 1. The van der Waals surface area contributed by atoms with Crippen LogP contribution in [0.3, 0.4) is 0 Å². The van der Waals surface area contributed by atoms with Gasteiger partial charge in [-0.25, -0.2) is 0 Å². The summed E-state index contributed by atoms with van der Waals surface area (Å²) in [5.41, 5.74) is 8.13. The van der Waals surface area contributed by atoms with Crippen LogP contribution in [0.15, 0.2) is 30.3 Å². The van der Waals surface area contributed by atoms with Crippen molar-refractivity contribution in [3.63, 3.8) is 0 Å². The van der Waals surface area contributed by atoms with E-state index in [2.05, 4.69) is 5.32 Å². The topological polar surface area (TPSA) is 64.3 Å². The second-order valence-corrected chi connectivity index (χ2v) is 5.36. The van der Waals surface area contributed by atoms with E-state index < -0.39 is 5.91 Å². The highest BCUT2D eigenvalue weighted by molar-refractivity contribution is 6.36. The quantitative estimate of drug-likeness (QED) is 0.834. The van der Waals surface area contributed by atoms with Crippen molar-refractivity contribution in [3.05, 3.63) is 51.5 Å². The van der Waals surface area contributed by atoms with Gasteiger partial charge in [-0.2, -0.15) is 0 Å². The predicted molar refractivity (Wildman–Crippen MR) is 86.6 cm³/mol. The zero-order valence-electron chi connectivity index (χ0n) is 11.5. The molecule has 0 aromatic heterocycles. The predicted octanol–water partition coefficient (Wildman–Crippen LogP) is 4.14. The molecule has 0 aliphatic heterocycles. The molecule has 6 heteroatoms. The van der Waals surface area contributed by atoms with Crippen LogP contribution in [0.4, 0.5) is 11.4 Å². The SMILES string of the molecule is COc1c(Cl)cc(Cl)cc1C(=O)Nc1ccc(C)cc1N. The molecule has 3 N–H and O–H groups in total. The fourth-order valence-electron chi connectivity index (χ4n) is 1.92. The molecule has 4 nitrogen and oxygen atoms in total. The number of nitrogen functional groups attached to an aromatic ring is 1. The lowest BCUT2D eigenvalue weighted by Gasteiger charge is -2.13. The van der Waals surface area contributed by atoms with Crippen molar-refractivity contribution in [1.29, 1.82) is 0 Å². The number of hydrogen-bond acceptors (Lipinski definition) is 3. The van der Waals surface area contributed by atoms with Crippen LogP contribution in [0.5, 0.6) is 5.75 Å². The molecule has 0 fully saturated rings. The van der Waals surface area contributed by atoms with Gasteiger partial charge in [0.25, 0.3) is 5.91 Å². The molecule has 0 spiro atoms. The van der Waals surface area contributed by atoms with Crippen LogP contribution < -0.4 is 15.8 Å². The molecule has 0 radical (unpaired) electrons. The van der Waals surface area contributed by atoms with E-state index in [1.807, 2.05) is 13.0 Å². The number of ether oxygens (including phenoxy) is 1. The van der Waals surface area contributed by atoms with Crippen molar-refractivity contribution < 1.29 is 9.53 Å². The summed E-state index contributed by atoms with van der Waals surface area (Å²) in [5.74, 6) is -0.129. The van der Waals surface area contributed by atoms with E-state index in [0.29, 0.717) is 16.4 Å². The smallest absolute Gasteiger partial charge is 0.259 e. The van der Waals surface area contributed by atoms with Crippen molar-refractivity contribution in [3.8, 4) is 5.75 Å². The summed E-state index contributed by atoms with van der Waals surface area (Å²) in [6.07, 6.45) is 0. The summed E-state index contributed by atoms with van der Waals surface area (Å²) in [7, 11) is 1.44. The summed E-state index contributed by atoms with van der Waals surface area (Å²) in [4.78, 5) is 12.4.